The Labute approximate surface area is 103 Å². The molecule has 1 unspecified atom stereocenters. The minimum atomic E-state index is 0.151. The third kappa shape index (κ3) is 2.99. The average molecular weight is 235 g/mol. The maximum atomic E-state index is 8.95. The molecule has 0 aromatic heterocycles. The molecule has 0 heterocycles. The molecule has 0 bridgehead atoms. The van der Waals surface area contributed by atoms with Gasteiger partial charge in [0.2, 0.25) is 0 Å². The van der Waals surface area contributed by atoms with Crippen molar-refractivity contribution in [2.24, 2.45) is 11.7 Å². The van der Waals surface area contributed by atoms with E-state index >= 15 is 0 Å². The van der Waals surface area contributed by atoms with E-state index in [1.807, 2.05) is 13.0 Å². The highest BCUT2D eigenvalue weighted by Gasteiger charge is 2.17. The van der Waals surface area contributed by atoms with E-state index in [-0.39, 0.29) is 18.6 Å². The van der Waals surface area contributed by atoms with E-state index in [0.29, 0.717) is 6.61 Å². The van der Waals surface area contributed by atoms with E-state index in [2.05, 4.69) is 12.1 Å². The standard InChI is InChI=1S/C14H21NO2/c1-10(8-16)9-17-12-6-5-11-3-2-4-14(15)13(11)7-12/h5-7,10,14,16H,2-4,8-9,15H2,1H3/t10?,14-/m1/s1. The summed E-state index contributed by atoms with van der Waals surface area (Å²) in [6, 6.07) is 6.33. The first-order valence-corrected chi connectivity index (χ1v) is 6.32. The fourth-order valence-electron chi connectivity index (χ4n) is 2.19. The van der Waals surface area contributed by atoms with Crippen LogP contribution in [0.2, 0.25) is 0 Å². The minimum Gasteiger partial charge on any atom is -0.493 e. The van der Waals surface area contributed by atoms with Crippen LogP contribution in [0.3, 0.4) is 0 Å². The quantitative estimate of drug-likeness (QED) is 0.839. The summed E-state index contributed by atoms with van der Waals surface area (Å²) in [7, 11) is 0. The van der Waals surface area contributed by atoms with E-state index in [1.165, 1.54) is 17.5 Å². The predicted molar refractivity (Wildman–Crippen MR) is 68.1 cm³/mol. The molecule has 0 radical (unpaired) electrons. The van der Waals surface area contributed by atoms with Crippen molar-refractivity contribution in [1.82, 2.24) is 0 Å². The predicted octanol–water partition coefficient (Wildman–Crippen LogP) is 2.03. The molecule has 2 rings (SSSR count). The molecule has 1 aromatic carbocycles. The number of aliphatic hydroxyl groups excluding tert-OH is 1. The summed E-state index contributed by atoms with van der Waals surface area (Å²) in [5.74, 6) is 1.03. The van der Waals surface area contributed by atoms with Crippen LogP contribution < -0.4 is 10.5 Å². The van der Waals surface area contributed by atoms with Gasteiger partial charge < -0.3 is 15.6 Å². The van der Waals surface area contributed by atoms with Crippen molar-refractivity contribution >= 4 is 0 Å². The molecule has 1 aliphatic rings. The van der Waals surface area contributed by atoms with Gasteiger partial charge >= 0.3 is 0 Å². The summed E-state index contributed by atoms with van der Waals surface area (Å²) in [6.07, 6.45) is 3.36. The van der Waals surface area contributed by atoms with Gasteiger partial charge in [-0.15, -0.1) is 0 Å². The number of ether oxygens (including phenoxy) is 1. The summed E-state index contributed by atoms with van der Waals surface area (Å²) in [4.78, 5) is 0. The van der Waals surface area contributed by atoms with Crippen LogP contribution in [-0.2, 0) is 6.42 Å². The highest BCUT2D eigenvalue weighted by atomic mass is 16.5. The maximum absolute atomic E-state index is 8.95. The second-order valence-corrected chi connectivity index (χ2v) is 4.96. The van der Waals surface area contributed by atoms with E-state index < -0.39 is 0 Å². The Morgan fingerprint density at radius 3 is 3.12 bits per heavy atom. The van der Waals surface area contributed by atoms with Gasteiger partial charge in [-0.1, -0.05) is 13.0 Å². The molecule has 1 aliphatic carbocycles. The van der Waals surface area contributed by atoms with Crippen LogP contribution in [0.5, 0.6) is 5.75 Å². The zero-order valence-electron chi connectivity index (χ0n) is 10.4. The summed E-state index contributed by atoms with van der Waals surface area (Å²) in [5.41, 5.74) is 8.68. The number of benzene rings is 1. The Hall–Kier alpha value is -1.06. The number of aliphatic hydroxyl groups is 1. The number of fused-ring (bicyclic) bond motifs is 1. The summed E-state index contributed by atoms with van der Waals surface area (Å²) >= 11 is 0. The van der Waals surface area contributed by atoms with Crippen molar-refractivity contribution in [2.75, 3.05) is 13.2 Å². The van der Waals surface area contributed by atoms with E-state index in [4.69, 9.17) is 15.6 Å². The number of aryl methyl sites for hydroxylation is 1. The van der Waals surface area contributed by atoms with Crippen molar-refractivity contribution < 1.29 is 9.84 Å². The first-order chi connectivity index (χ1) is 8.20. The van der Waals surface area contributed by atoms with Gasteiger partial charge in [-0.25, -0.2) is 0 Å². The lowest BCUT2D eigenvalue weighted by Crippen LogP contribution is -2.18. The Morgan fingerprint density at radius 2 is 2.35 bits per heavy atom. The molecule has 0 amide bonds. The molecular weight excluding hydrogens is 214 g/mol. The fraction of sp³-hybridized carbons (Fsp3) is 0.571. The third-order valence-corrected chi connectivity index (χ3v) is 3.32. The highest BCUT2D eigenvalue weighted by molar-refractivity contribution is 5.39. The molecule has 3 heteroatoms. The molecule has 3 N–H and O–H groups in total. The molecule has 0 fully saturated rings. The molecular formula is C14H21NO2. The first kappa shape index (κ1) is 12.4. The van der Waals surface area contributed by atoms with Crippen LogP contribution in [0.4, 0.5) is 0 Å². The first-order valence-electron chi connectivity index (χ1n) is 6.32. The van der Waals surface area contributed by atoms with Crippen LogP contribution in [0.25, 0.3) is 0 Å². The molecule has 17 heavy (non-hydrogen) atoms. The smallest absolute Gasteiger partial charge is 0.119 e. The van der Waals surface area contributed by atoms with Crippen molar-refractivity contribution in [3.63, 3.8) is 0 Å². The molecule has 0 saturated heterocycles. The zero-order valence-corrected chi connectivity index (χ0v) is 10.4. The second kappa shape index (κ2) is 5.52. The number of nitrogens with two attached hydrogens (primary N) is 1. The van der Waals surface area contributed by atoms with Gasteiger partial charge in [0.25, 0.3) is 0 Å². The molecule has 2 atom stereocenters. The van der Waals surface area contributed by atoms with Gasteiger partial charge in [0.1, 0.15) is 5.75 Å². The Kier molecular flexibility index (Phi) is 4.02. The third-order valence-electron chi connectivity index (χ3n) is 3.32. The SMILES string of the molecule is CC(CO)COc1ccc2c(c1)[C@H](N)CCC2. The monoisotopic (exact) mass is 235 g/mol. The topological polar surface area (TPSA) is 55.5 Å². The lowest BCUT2D eigenvalue weighted by molar-refractivity contribution is 0.174. The van der Waals surface area contributed by atoms with E-state index in [9.17, 15) is 0 Å². The van der Waals surface area contributed by atoms with Crippen LogP contribution in [0, 0.1) is 5.92 Å². The Morgan fingerprint density at radius 1 is 1.53 bits per heavy atom. The van der Waals surface area contributed by atoms with Crippen molar-refractivity contribution in [2.45, 2.75) is 32.2 Å². The maximum Gasteiger partial charge on any atom is 0.119 e. The van der Waals surface area contributed by atoms with Crippen molar-refractivity contribution in [1.29, 1.82) is 0 Å². The minimum absolute atomic E-state index is 0.151. The highest BCUT2D eigenvalue weighted by Crippen LogP contribution is 2.30. The normalized spacial score (nSPS) is 20.8. The van der Waals surface area contributed by atoms with Crippen LogP contribution in [0.15, 0.2) is 18.2 Å². The van der Waals surface area contributed by atoms with E-state index in [0.717, 1.165) is 18.6 Å². The Bertz CT molecular complexity index is 378. The lowest BCUT2D eigenvalue weighted by Gasteiger charge is -2.23. The summed E-state index contributed by atoms with van der Waals surface area (Å²) in [5, 5.41) is 8.95. The van der Waals surface area contributed by atoms with Crippen LogP contribution >= 0.6 is 0 Å². The number of hydrogen-bond donors (Lipinski definition) is 2. The molecule has 94 valence electrons. The Balaban J connectivity index is 2.07. The van der Waals surface area contributed by atoms with Gasteiger partial charge in [-0.2, -0.15) is 0 Å². The van der Waals surface area contributed by atoms with Crippen molar-refractivity contribution in [3.05, 3.63) is 29.3 Å². The lowest BCUT2D eigenvalue weighted by atomic mass is 9.88. The van der Waals surface area contributed by atoms with Crippen molar-refractivity contribution in [3.8, 4) is 5.75 Å². The second-order valence-electron chi connectivity index (χ2n) is 4.96. The molecule has 0 saturated carbocycles. The van der Waals surface area contributed by atoms with Gasteiger partial charge in [0.05, 0.1) is 6.61 Å². The molecule has 0 aliphatic heterocycles. The van der Waals surface area contributed by atoms with Gasteiger partial charge in [0.15, 0.2) is 0 Å². The fourth-order valence-corrected chi connectivity index (χ4v) is 2.19. The summed E-state index contributed by atoms with van der Waals surface area (Å²) in [6.45, 7) is 2.67. The average Bonchev–Trinajstić information content (AvgIpc) is 2.36. The van der Waals surface area contributed by atoms with Gasteiger partial charge in [-0.05, 0) is 42.5 Å². The molecule has 0 spiro atoms. The summed E-state index contributed by atoms with van der Waals surface area (Å²) < 4.78 is 5.66. The van der Waals surface area contributed by atoms with E-state index in [1.54, 1.807) is 0 Å². The number of hydrogen-bond acceptors (Lipinski definition) is 3. The van der Waals surface area contributed by atoms with Crippen LogP contribution in [-0.4, -0.2) is 18.3 Å². The van der Waals surface area contributed by atoms with Gasteiger partial charge in [-0.3, -0.25) is 0 Å². The number of rotatable bonds is 4. The molecule has 1 aromatic rings. The molecule has 3 nitrogen and oxygen atoms in total. The zero-order chi connectivity index (χ0) is 12.3. The largest absolute Gasteiger partial charge is 0.493 e. The van der Waals surface area contributed by atoms with Gasteiger partial charge in [0, 0.05) is 18.6 Å². The van der Waals surface area contributed by atoms with Crippen LogP contribution in [0.1, 0.15) is 36.9 Å².